The van der Waals surface area contributed by atoms with Gasteiger partial charge >= 0.3 is 0 Å². The minimum atomic E-state index is -0.116. The maximum atomic E-state index is 11.8. The van der Waals surface area contributed by atoms with E-state index < -0.39 is 0 Å². The van der Waals surface area contributed by atoms with Crippen LogP contribution in [0.15, 0.2) is 65.6 Å². The second-order valence-corrected chi connectivity index (χ2v) is 6.26. The smallest absolute Gasteiger partial charge is 0.244 e. The molecule has 4 nitrogen and oxygen atoms in total. The van der Waals surface area contributed by atoms with Crippen molar-refractivity contribution >= 4 is 35.3 Å². The Bertz CT molecular complexity index is 697. The van der Waals surface area contributed by atoms with Crippen LogP contribution in [0.2, 0.25) is 0 Å². The minimum absolute atomic E-state index is 0.106. The number of benzene rings is 2. The first kappa shape index (κ1) is 17.8. The molecule has 2 aromatic rings. The second-order valence-electron chi connectivity index (χ2n) is 5.09. The van der Waals surface area contributed by atoms with E-state index in [4.69, 9.17) is 0 Å². The second kappa shape index (κ2) is 9.57. The van der Waals surface area contributed by atoms with Gasteiger partial charge in [-0.2, -0.15) is 0 Å². The summed E-state index contributed by atoms with van der Waals surface area (Å²) < 4.78 is 0. The van der Waals surface area contributed by atoms with Crippen molar-refractivity contribution in [3.63, 3.8) is 0 Å². The summed E-state index contributed by atoms with van der Waals surface area (Å²) in [4.78, 5) is 23.9. The van der Waals surface area contributed by atoms with Crippen LogP contribution in [0.25, 0.3) is 6.08 Å². The van der Waals surface area contributed by atoms with Gasteiger partial charge in [0.25, 0.3) is 0 Å². The maximum absolute atomic E-state index is 11.8. The van der Waals surface area contributed by atoms with E-state index in [-0.39, 0.29) is 11.8 Å². The van der Waals surface area contributed by atoms with Crippen LogP contribution in [0.4, 0.5) is 5.69 Å². The Kier molecular flexibility index (Phi) is 7.11. The fourth-order valence-electron chi connectivity index (χ4n) is 1.97. The van der Waals surface area contributed by atoms with Crippen molar-refractivity contribution in [2.45, 2.75) is 11.8 Å². The van der Waals surface area contributed by atoms with Gasteiger partial charge in [0.2, 0.25) is 11.8 Å². The van der Waals surface area contributed by atoms with Crippen LogP contribution < -0.4 is 10.6 Å². The lowest BCUT2D eigenvalue weighted by molar-refractivity contribution is -0.116. The van der Waals surface area contributed by atoms with Crippen molar-refractivity contribution < 1.29 is 9.59 Å². The molecular weight excluding hydrogens is 320 g/mol. The van der Waals surface area contributed by atoms with E-state index >= 15 is 0 Å². The van der Waals surface area contributed by atoms with Gasteiger partial charge in [-0.05, 0) is 35.9 Å². The van der Waals surface area contributed by atoms with Crippen molar-refractivity contribution in [3.05, 3.63) is 66.2 Å². The minimum Gasteiger partial charge on any atom is -0.352 e. The summed E-state index contributed by atoms with van der Waals surface area (Å²) in [6, 6.07) is 17.4. The van der Waals surface area contributed by atoms with Crippen LogP contribution in [-0.2, 0) is 9.59 Å². The molecule has 2 aromatic carbocycles. The molecule has 0 spiro atoms. The summed E-state index contributed by atoms with van der Waals surface area (Å²) in [7, 11) is 0. The SMILES string of the molecule is CC(=O)Nc1ccc(/C=C/C(=O)NCCSc2ccccc2)cc1. The molecule has 2 N–H and O–H groups in total. The lowest BCUT2D eigenvalue weighted by Crippen LogP contribution is -2.23. The Morgan fingerprint density at radius 3 is 2.42 bits per heavy atom. The third-order valence-corrected chi connectivity index (χ3v) is 4.09. The first-order chi connectivity index (χ1) is 11.6. The number of nitrogens with one attached hydrogen (secondary N) is 2. The summed E-state index contributed by atoms with van der Waals surface area (Å²) in [5.74, 6) is 0.607. The normalized spacial score (nSPS) is 10.5. The average Bonchev–Trinajstić information content (AvgIpc) is 2.58. The van der Waals surface area contributed by atoms with Crippen LogP contribution in [0, 0.1) is 0 Å². The van der Waals surface area contributed by atoms with E-state index in [1.807, 2.05) is 30.3 Å². The molecular formula is C19H20N2O2S. The van der Waals surface area contributed by atoms with Gasteiger partial charge < -0.3 is 10.6 Å². The van der Waals surface area contributed by atoms with Crippen molar-refractivity contribution in [1.82, 2.24) is 5.32 Å². The van der Waals surface area contributed by atoms with Gasteiger partial charge in [0.05, 0.1) is 0 Å². The van der Waals surface area contributed by atoms with Crippen LogP contribution in [-0.4, -0.2) is 24.1 Å². The molecule has 24 heavy (non-hydrogen) atoms. The molecule has 0 saturated heterocycles. The van der Waals surface area contributed by atoms with E-state index in [1.165, 1.54) is 17.9 Å². The van der Waals surface area contributed by atoms with Gasteiger partial charge in [-0.25, -0.2) is 0 Å². The summed E-state index contributed by atoms with van der Waals surface area (Å²) >= 11 is 1.71. The van der Waals surface area contributed by atoms with Crippen LogP contribution >= 0.6 is 11.8 Å². The zero-order chi connectivity index (χ0) is 17.2. The van der Waals surface area contributed by atoms with Gasteiger partial charge in [-0.1, -0.05) is 30.3 Å². The number of anilines is 1. The molecule has 5 heteroatoms. The topological polar surface area (TPSA) is 58.2 Å². The third-order valence-electron chi connectivity index (χ3n) is 3.07. The Labute approximate surface area is 146 Å². The lowest BCUT2D eigenvalue weighted by atomic mass is 10.2. The zero-order valence-corrected chi connectivity index (χ0v) is 14.3. The lowest BCUT2D eigenvalue weighted by Gasteiger charge is -2.03. The van der Waals surface area contributed by atoms with Gasteiger partial charge in [0, 0.05) is 35.9 Å². The quantitative estimate of drug-likeness (QED) is 0.460. The van der Waals surface area contributed by atoms with Gasteiger partial charge in [-0.15, -0.1) is 11.8 Å². The summed E-state index contributed by atoms with van der Waals surface area (Å²) in [5.41, 5.74) is 1.64. The molecule has 2 rings (SSSR count). The molecule has 0 aliphatic rings. The Hall–Kier alpha value is -2.53. The molecule has 0 aromatic heterocycles. The van der Waals surface area contributed by atoms with Gasteiger partial charge in [0.1, 0.15) is 0 Å². The monoisotopic (exact) mass is 340 g/mol. The number of thioether (sulfide) groups is 1. The highest BCUT2D eigenvalue weighted by atomic mass is 32.2. The molecule has 0 atom stereocenters. The predicted octanol–water partition coefficient (Wildman–Crippen LogP) is 3.57. The fourth-order valence-corrected chi connectivity index (χ4v) is 2.76. The first-order valence-electron chi connectivity index (χ1n) is 7.65. The first-order valence-corrected chi connectivity index (χ1v) is 8.63. The summed E-state index contributed by atoms with van der Waals surface area (Å²) in [6.07, 6.45) is 3.26. The third kappa shape index (κ3) is 6.71. The molecule has 0 fully saturated rings. The number of carbonyl (C=O) groups excluding carboxylic acids is 2. The van der Waals surface area contributed by atoms with Gasteiger partial charge in [-0.3, -0.25) is 9.59 Å². The maximum Gasteiger partial charge on any atom is 0.244 e. The highest BCUT2D eigenvalue weighted by Crippen LogP contribution is 2.15. The van der Waals surface area contributed by atoms with Gasteiger partial charge in [0.15, 0.2) is 0 Å². The Balaban J connectivity index is 1.71. The van der Waals surface area contributed by atoms with E-state index in [2.05, 4.69) is 22.8 Å². The van der Waals surface area contributed by atoms with E-state index in [1.54, 1.807) is 30.0 Å². The Morgan fingerprint density at radius 2 is 1.75 bits per heavy atom. The molecule has 0 bridgehead atoms. The van der Waals surface area contributed by atoms with Crippen LogP contribution in [0.1, 0.15) is 12.5 Å². The number of amides is 2. The van der Waals surface area contributed by atoms with E-state index in [9.17, 15) is 9.59 Å². The average molecular weight is 340 g/mol. The van der Waals surface area contributed by atoms with Crippen molar-refractivity contribution in [3.8, 4) is 0 Å². The number of hydrogen-bond donors (Lipinski definition) is 2. The molecule has 0 heterocycles. The Morgan fingerprint density at radius 1 is 1.04 bits per heavy atom. The van der Waals surface area contributed by atoms with E-state index in [0.29, 0.717) is 6.54 Å². The highest BCUT2D eigenvalue weighted by Gasteiger charge is 1.98. The molecule has 0 aliphatic carbocycles. The molecule has 124 valence electrons. The molecule has 0 aliphatic heterocycles. The largest absolute Gasteiger partial charge is 0.352 e. The summed E-state index contributed by atoms with van der Waals surface area (Å²) in [5, 5.41) is 5.56. The highest BCUT2D eigenvalue weighted by molar-refractivity contribution is 7.99. The van der Waals surface area contributed by atoms with Crippen LogP contribution in [0.3, 0.4) is 0 Å². The predicted molar refractivity (Wildman–Crippen MR) is 100.0 cm³/mol. The summed E-state index contributed by atoms with van der Waals surface area (Å²) in [6.45, 7) is 2.08. The zero-order valence-electron chi connectivity index (χ0n) is 13.5. The molecule has 0 radical (unpaired) electrons. The number of hydrogen-bond acceptors (Lipinski definition) is 3. The van der Waals surface area contributed by atoms with E-state index in [0.717, 1.165) is 17.0 Å². The standard InChI is InChI=1S/C19H20N2O2S/c1-15(22)21-17-10-7-16(8-11-17)9-12-19(23)20-13-14-24-18-5-3-2-4-6-18/h2-12H,13-14H2,1H3,(H,20,23)(H,21,22)/b12-9+. The fraction of sp³-hybridized carbons (Fsp3) is 0.158. The van der Waals surface area contributed by atoms with Crippen LogP contribution in [0.5, 0.6) is 0 Å². The van der Waals surface area contributed by atoms with Crippen molar-refractivity contribution in [2.24, 2.45) is 0 Å². The number of carbonyl (C=O) groups is 2. The molecule has 0 saturated carbocycles. The molecule has 0 unspecified atom stereocenters. The van der Waals surface area contributed by atoms with Crippen molar-refractivity contribution in [1.29, 1.82) is 0 Å². The number of rotatable bonds is 7. The van der Waals surface area contributed by atoms with Crippen molar-refractivity contribution in [2.75, 3.05) is 17.6 Å². The molecule has 2 amide bonds.